The van der Waals surface area contributed by atoms with Crippen LogP contribution in [0.1, 0.15) is 32.1 Å². The van der Waals surface area contributed by atoms with Crippen molar-refractivity contribution in [3.05, 3.63) is 12.2 Å². The summed E-state index contributed by atoms with van der Waals surface area (Å²) in [4.78, 5) is 27.8. The molecule has 0 radical (unpaired) electrons. The van der Waals surface area contributed by atoms with Crippen molar-refractivity contribution in [3.8, 4) is 0 Å². The zero-order chi connectivity index (χ0) is 14.4. The van der Waals surface area contributed by atoms with Gasteiger partial charge >= 0.3 is 6.03 Å². The van der Waals surface area contributed by atoms with Gasteiger partial charge in [-0.15, -0.1) is 0 Å². The Morgan fingerprint density at radius 3 is 2.84 bits per heavy atom. The maximum absolute atomic E-state index is 11.7. The normalized spacial score (nSPS) is 11.9. The van der Waals surface area contributed by atoms with E-state index in [9.17, 15) is 9.59 Å². The number of hydrogen-bond donors (Lipinski definition) is 2. The first-order valence-corrected chi connectivity index (χ1v) is 6.13. The minimum absolute atomic E-state index is 0.0818. The molecule has 1 aromatic rings. The summed E-state index contributed by atoms with van der Waals surface area (Å²) in [6, 6.07) is -0.917. The molecule has 3 N–H and O–H groups in total. The summed E-state index contributed by atoms with van der Waals surface area (Å²) in [7, 11) is 1.46. The number of primary amides is 1. The van der Waals surface area contributed by atoms with Gasteiger partial charge in [-0.3, -0.25) is 4.79 Å². The number of carbonyl (C=O) groups excluding carboxylic acids is 2. The fraction of sp³-hybridized carbons (Fsp3) is 0.636. The van der Waals surface area contributed by atoms with Crippen molar-refractivity contribution < 1.29 is 9.59 Å². The minimum Gasteiger partial charge on any atom is -0.351 e. The molecule has 0 unspecified atom stereocenters. The molecule has 0 spiro atoms. The fourth-order valence-corrected chi connectivity index (χ4v) is 1.64. The number of aromatic nitrogens is 3. The van der Waals surface area contributed by atoms with Crippen LogP contribution in [0.15, 0.2) is 6.33 Å². The number of hydrogen-bond acceptors (Lipinski definition) is 4. The maximum atomic E-state index is 11.7. The zero-order valence-electron chi connectivity index (χ0n) is 11.5. The van der Waals surface area contributed by atoms with E-state index in [0.717, 1.165) is 17.9 Å². The van der Waals surface area contributed by atoms with Gasteiger partial charge in [-0.25, -0.2) is 14.5 Å². The number of urea groups is 1. The van der Waals surface area contributed by atoms with Gasteiger partial charge in [0.25, 0.3) is 0 Å². The van der Waals surface area contributed by atoms with Crippen molar-refractivity contribution in [3.63, 3.8) is 0 Å². The standard InChI is InChI=1S/C11H20N6O2/c1-4-5-17-10(13-7-14-17)8(2)15-9(18)6-16(3)11(12)19/h7-8H,4-6H2,1-3H3,(H2,12,19)(H,15,18)/t8-/m0/s1. The average Bonchev–Trinajstić information content (AvgIpc) is 2.77. The van der Waals surface area contributed by atoms with E-state index in [-0.39, 0.29) is 18.5 Å². The molecule has 0 saturated heterocycles. The van der Waals surface area contributed by atoms with Crippen molar-refractivity contribution in [2.45, 2.75) is 32.9 Å². The van der Waals surface area contributed by atoms with Gasteiger partial charge in [-0.1, -0.05) is 6.92 Å². The third-order valence-electron chi connectivity index (χ3n) is 2.60. The molecule has 1 aromatic heterocycles. The fourth-order valence-electron chi connectivity index (χ4n) is 1.64. The van der Waals surface area contributed by atoms with E-state index >= 15 is 0 Å². The first-order chi connectivity index (χ1) is 8.95. The number of amides is 3. The predicted octanol–water partition coefficient (Wildman–Crippen LogP) is -0.124. The summed E-state index contributed by atoms with van der Waals surface area (Å²) < 4.78 is 1.75. The summed E-state index contributed by atoms with van der Waals surface area (Å²) in [5, 5.41) is 6.85. The molecule has 0 aliphatic carbocycles. The molecular weight excluding hydrogens is 248 g/mol. The van der Waals surface area contributed by atoms with Crippen LogP contribution in [0.3, 0.4) is 0 Å². The maximum Gasteiger partial charge on any atom is 0.314 e. The largest absolute Gasteiger partial charge is 0.351 e. The van der Waals surface area contributed by atoms with Gasteiger partial charge in [0.05, 0.1) is 6.04 Å². The van der Waals surface area contributed by atoms with Crippen LogP contribution in [0.5, 0.6) is 0 Å². The van der Waals surface area contributed by atoms with Gasteiger partial charge in [0.2, 0.25) is 5.91 Å². The first-order valence-electron chi connectivity index (χ1n) is 6.13. The molecule has 3 amide bonds. The second-order valence-electron chi connectivity index (χ2n) is 4.32. The third-order valence-corrected chi connectivity index (χ3v) is 2.60. The number of nitrogens with two attached hydrogens (primary N) is 1. The summed E-state index contributed by atoms with van der Waals surface area (Å²) in [6.45, 7) is 4.52. The highest BCUT2D eigenvalue weighted by Gasteiger charge is 2.17. The van der Waals surface area contributed by atoms with Crippen molar-refractivity contribution in [2.75, 3.05) is 13.6 Å². The van der Waals surface area contributed by atoms with E-state index in [0.29, 0.717) is 5.82 Å². The summed E-state index contributed by atoms with van der Waals surface area (Å²) >= 11 is 0. The zero-order valence-corrected chi connectivity index (χ0v) is 11.5. The van der Waals surface area contributed by atoms with E-state index < -0.39 is 6.03 Å². The van der Waals surface area contributed by atoms with E-state index in [4.69, 9.17) is 5.73 Å². The molecule has 1 rings (SSSR count). The molecule has 0 bridgehead atoms. The van der Waals surface area contributed by atoms with Crippen LogP contribution in [0.25, 0.3) is 0 Å². The van der Waals surface area contributed by atoms with Crippen LogP contribution in [0.4, 0.5) is 4.79 Å². The Hall–Kier alpha value is -2.12. The van der Waals surface area contributed by atoms with Crippen LogP contribution in [-0.4, -0.2) is 45.2 Å². The van der Waals surface area contributed by atoms with Crippen LogP contribution in [0, 0.1) is 0 Å². The van der Waals surface area contributed by atoms with Gasteiger partial charge in [-0.2, -0.15) is 5.10 Å². The Bertz CT molecular complexity index is 444. The van der Waals surface area contributed by atoms with Crippen molar-refractivity contribution in [1.29, 1.82) is 0 Å². The highest BCUT2D eigenvalue weighted by molar-refractivity contribution is 5.83. The van der Waals surface area contributed by atoms with Crippen molar-refractivity contribution in [1.82, 2.24) is 25.0 Å². The lowest BCUT2D eigenvalue weighted by molar-refractivity contribution is -0.122. The van der Waals surface area contributed by atoms with Gasteiger partial charge < -0.3 is 16.0 Å². The smallest absolute Gasteiger partial charge is 0.314 e. The summed E-state index contributed by atoms with van der Waals surface area (Å²) in [6.07, 6.45) is 2.39. The number of aryl methyl sites for hydroxylation is 1. The Kier molecular flexibility index (Phi) is 5.28. The van der Waals surface area contributed by atoms with E-state index in [1.54, 1.807) is 4.68 Å². The van der Waals surface area contributed by atoms with Gasteiger partial charge in [0, 0.05) is 13.6 Å². The van der Waals surface area contributed by atoms with E-state index in [2.05, 4.69) is 15.4 Å². The van der Waals surface area contributed by atoms with Crippen LogP contribution >= 0.6 is 0 Å². The molecule has 0 fully saturated rings. The topological polar surface area (TPSA) is 106 Å². The summed E-state index contributed by atoms with van der Waals surface area (Å²) in [5.41, 5.74) is 5.05. The molecule has 106 valence electrons. The molecule has 1 heterocycles. The monoisotopic (exact) mass is 268 g/mol. The number of nitrogens with zero attached hydrogens (tertiary/aromatic N) is 4. The Morgan fingerprint density at radius 2 is 2.26 bits per heavy atom. The molecule has 0 aliphatic heterocycles. The first kappa shape index (κ1) is 14.9. The average molecular weight is 268 g/mol. The Balaban J connectivity index is 2.58. The van der Waals surface area contributed by atoms with Crippen LogP contribution < -0.4 is 11.1 Å². The van der Waals surface area contributed by atoms with Crippen LogP contribution in [0.2, 0.25) is 0 Å². The molecule has 1 atom stereocenters. The van der Waals surface area contributed by atoms with Gasteiger partial charge in [0.15, 0.2) is 0 Å². The van der Waals surface area contributed by atoms with E-state index in [1.165, 1.54) is 13.4 Å². The molecule has 0 saturated carbocycles. The lowest BCUT2D eigenvalue weighted by Crippen LogP contribution is -2.41. The second kappa shape index (κ2) is 6.72. The lowest BCUT2D eigenvalue weighted by atomic mass is 10.3. The van der Waals surface area contributed by atoms with E-state index in [1.807, 2.05) is 13.8 Å². The number of nitrogens with one attached hydrogen (secondary N) is 1. The SMILES string of the molecule is CCCn1ncnc1[C@H](C)NC(=O)CN(C)C(N)=O. The molecule has 19 heavy (non-hydrogen) atoms. The van der Waals surface area contributed by atoms with Gasteiger partial charge in [0.1, 0.15) is 18.7 Å². The highest BCUT2D eigenvalue weighted by atomic mass is 16.2. The molecule has 8 nitrogen and oxygen atoms in total. The third kappa shape index (κ3) is 4.23. The lowest BCUT2D eigenvalue weighted by Gasteiger charge is -2.17. The molecule has 8 heteroatoms. The number of rotatable bonds is 6. The number of likely N-dealkylation sites (N-methyl/N-ethyl adjacent to an activating group) is 1. The highest BCUT2D eigenvalue weighted by Crippen LogP contribution is 2.08. The molecule has 0 aromatic carbocycles. The van der Waals surface area contributed by atoms with Crippen LogP contribution in [-0.2, 0) is 11.3 Å². The quantitative estimate of drug-likeness (QED) is 0.749. The van der Waals surface area contributed by atoms with Gasteiger partial charge in [-0.05, 0) is 13.3 Å². The predicted molar refractivity (Wildman–Crippen MR) is 69.1 cm³/mol. The molecule has 0 aliphatic rings. The number of carbonyl (C=O) groups is 2. The van der Waals surface area contributed by atoms with Crippen molar-refractivity contribution >= 4 is 11.9 Å². The Morgan fingerprint density at radius 1 is 1.58 bits per heavy atom. The molecular formula is C11H20N6O2. The Labute approximate surface area is 112 Å². The van der Waals surface area contributed by atoms with Crippen molar-refractivity contribution in [2.24, 2.45) is 5.73 Å². The minimum atomic E-state index is -0.642. The summed E-state index contributed by atoms with van der Waals surface area (Å²) in [5.74, 6) is 0.400. The second-order valence-corrected chi connectivity index (χ2v) is 4.32.